The molecule has 138 valence electrons. The lowest BCUT2D eigenvalue weighted by molar-refractivity contribution is -0.115. The Morgan fingerprint density at radius 1 is 1.12 bits per heavy atom. The van der Waals surface area contributed by atoms with Crippen molar-refractivity contribution in [1.82, 2.24) is 0 Å². The monoisotopic (exact) mass is 376 g/mol. The van der Waals surface area contributed by atoms with Crippen molar-refractivity contribution in [2.75, 3.05) is 23.0 Å². The summed E-state index contributed by atoms with van der Waals surface area (Å²) in [6, 6.07) is 12.7. The number of carbonyl (C=O) groups excluding carboxylic acids is 2. The second-order valence-corrected chi connectivity index (χ2v) is 6.76. The zero-order valence-corrected chi connectivity index (χ0v) is 15.4. The van der Waals surface area contributed by atoms with Crippen molar-refractivity contribution >= 4 is 35.0 Å². The summed E-state index contributed by atoms with van der Waals surface area (Å²) in [5.74, 6) is -0.115. The molecule has 7 heteroatoms. The summed E-state index contributed by atoms with van der Waals surface area (Å²) in [4.78, 5) is 24.3. The molecule has 0 heterocycles. The van der Waals surface area contributed by atoms with Gasteiger partial charge in [-0.15, -0.1) is 11.8 Å². The van der Waals surface area contributed by atoms with Crippen LogP contribution in [-0.4, -0.2) is 29.4 Å². The van der Waals surface area contributed by atoms with Gasteiger partial charge in [-0.1, -0.05) is 12.1 Å². The van der Waals surface area contributed by atoms with E-state index < -0.39 is 5.25 Å². The molecule has 2 amide bonds. The van der Waals surface area contributed by atoms with E-state index in [0.29, 0.717) is 23.7 Å². The van der Waals surface area contributed by atoms with Crippen LogP contribution >= 0.6 is 11.8 Å². The average molecular weight is 376 g/mol. The van der Waals surface area contributed by atoms with Gasteiger partial charge in [0.2, 0.25) is 11.8 Å². The Morgan fingerprint density at radius 3 is 2.50 bits per heavy atom. The number of carbonyl (C=O) groups is 2. The number of rotatable bonds is 8. The van der Waals surface area contributed by atoms with Crippen molar-refractivity contribution < 1.29 is 18.7 Å². The zero-order valence-electron chi connectivity index (χ0n) is 14.6. The molecule has 1 atom stereocenters. The van der Waals surface area contributed by atoms with Gasteiger partial charge in [-0.05, 0) is 50.2 Å². The first-order chi connectivity index (χ1) is 12.5. The molecule has 0 saturated heterocycles. The maximum atomic E-state index is 12.9. The number of hydrogen-bond acceptors (Lipinski definition) is 4. The molecule has 5 nitrogen and oxygen atoms in total. The minimum atomic E-state index is -0.427. The van der Waals surface area contributed by atoms with Crippen molar-refractivity contribution in [3.05, 3.63) is 54.3 Å². The maximum absolute atomic E-state index is 12.9. The molecule has 26 heavy (non-hydrogen) atoms. The molecule has 0 fully saturated rings. The summed E-state index contributed by atoms with van der Waals surface area (Å²) >= 11 is 1.21. The Morgan fingerprint density at radius 2 is 1.81 bits per heavy atom. The first-order valence-corrected chi connectivity index (χ1v) is 9.24. The number of ether oxygens (including phenoxy) is 1. The number of thioether (sulfide) groups is 1. The summed E-state index contributed by atoms with van der Waals surface area (Å²) in [6.07, 6.45) is 0. The second kappa shape index (κ2) is 9.82. The van der Waals surface area contributed by atoms with Crippen LogP contribution in [0.4, 0.5) is 15.8 Å². The third-order valence-corrected chi connectivity index (χ3v) is 4.55. The Hall–Kier alpha value is -2.54. The molecule has 2 aromatic carbocycles. The molecular weight excluding hydrogens is 355 g/mol. The molecule has 0 aliphatic carbocycles. The number of anilines is 2. The first-order valence-electron chi connectivity index (χ1n) is 8.19. The van der Waals surface area contributed by atoms with Crippen LogP contribution in [0.5, 0.6) is 5.75 Å². The highest BCUT2D eigenvalue weighted by Crippen LogP contribution is 2.25. The number of amides is 2. The maximum Gasteiger partial charge on any atom is 0.237 e. The van der Waals surface area contributed by atoms with Crippen LogP contribution < -0.4 is 15.4 Å². The van der Waals surface area contributed by atoms with Crippen LogP contribution in [0.25, 0.3) is 0 Å². The zero-order chi connectivity index (χ0) is 18.9. The van der Waals surface area contributed by atoms with Gasteiger partial charge in [0, 0.05) is 5.69 Å². The smallest absolute Gasteiger partial charge is 0.237 e. The van der Waals surface area contributed by atoms with Crippen molar-refractivity contribution in [3.63, 3.8) is 0 Å². The molecule has 2 aromatic rings. The van der Waals surface area contributed by atoms with E-state index in [9.17, 15) is 14.0 Å². The highest BCUT2D eigenvalue weighted by molar-refractivity contribution is 8.01. The van der Waals surface area contributed by atoms with E-state index in [-0.39, 0.29) is 23.4 Å². The Kier molecular flexibility index (Phi) is 7.47. The van der Waals surface area contributed by atoms with E-state index in [0.717, 1.165) is 0 Å². The van der Waals surface area contributed by atoms with Gasteiger partial charge < -0.3 is 15.4 Å². The van der Waals surface area contributed by atoms with Crippen LogP contribution in [-0.2, 0) is 9.59 Å². The number of nitrogens with one attached hydrogen (secondary N) is 2. The lowest BCUT2D eigenvalue weighted by Crippen LogP contribution is -2.25. The summed E-state index contributed by atoms with van der Waals surface area (Å²) in [5, 5.41) is 5.05. The van der Waals surface area contributed by atoms with Crippen LogP contribution in [0, 0.1) is 5.82 Å². The van der Waals surface area contributed by atoms with E-state index in [2.05, 4.69) is 10.6 Å². The predicted octanol–water partition coefficient (Wildman–Crippen LogP) is 3.92. The van der Waals surface area contributed by atoms with E-state index in [1.807, 2.05) is 19.1 Å². The molecule has 2 N–H and O–H groups in total. The van der Waals surface area contributed by atoms with Gasteiger partial charge in [0.1, 0.15) is 11.6 Å². The average Bonchev–Trinajstić information content (AvgIpc) is 2.63. The van der Waals surface area contributed by atoms with Crippen molar-refractivity contribution in [2.45, 2.75) is 19.1 Å². The second-order valence-electron chi connectivity index (χ2n) is 5.43. The van der Waals surface area contributed by atoms with Gasteiger partial charge in [0.15, 0.2) is 0 Å². The van der Waals surface area contributed by atoms with Crippen LogP contribution in [0.2, 0.25) is 0 Å². The van der Waals surface area contributed by atoms with Crippen molar-refractivity contribution in [1.29, 1.82) is 0 Å². The molecule has 0 aromatic heterocycles. The minimum absolute atomic E-state index is 0.110. The van der Waals surface area contributed by atoms with Gasteiger partial charge in [-0.3, -0.25) is 9.59 Å². The quantitative estimate of drug-likeness (QED) is 0.733. The third-order valence-electron chi connectivity index (χ3n) is 3.41. The molecule has 0 aliphatic heterocycles. The molecule has 2 rings (SSSR count). The number of halogens is 1. The van der Waals surface area contributed by atoms with Crippen molar-refractivity contribution in [3.8, 4) is 5.75 Å². The fourth-order valence-electron chi connectivity index (χ4n) is 2.09. The van der Waals surface area contributed by atoms with Crippen molar-refractivity contribution in [2.24, 2.45) is 0 Å². The van der Waals surface area contributed by atoms with E-state index >= 15 is 0 Å². The Balaban J connectivity index is 1.83. The topological polar surface area (TPSA) is 67.4 Å². The van der Waals surface area contributed by atoms with Crippen LogP contribution in [0.15, 0.2) is 48.5 Å². The van der Waals surface area contributed by atoms with Gasteiger partial charge in [-0.2, -0.15) is 0 Å². The molecule has 0 bridgehead atoms. The fraction of sp³-hybridized carbons (Fsp3) is 0.263. The number of para-hydroxylation sites is 2. The normalized spacial score (nSPS) is 11.5. The molecule has 0 radical (unpaired) electrons. The molecule has 0 aliphatic rings. The Bertz CT molecular complexity index is 753. The number of benzene rings is 2. The van der Waals surface area contributed by atoms with E-state index in [1.54, 1.807) is 19.1 Å². The highest BCUT2D eigenvalue weighted by Gasteiger charge is 2.17. The van der Waals surface area contributed by atoms with Crippen LogP contribution in [0.1, 0.15) is 13.8 Å². The van der Waals surface area contributed by atoms with E-state index in [1.165, 1.54) is 36.0 Å². The van der Waals surface area contributed by atoms with E-state index in [4.69, 9.17) is 4.74 Å². The molecule has 0 saturated carbocycles. The summed E-state index contributed by atoms with van der Waals surface area (Å²) in [5.41, 5.74) is 1.11. The fourth-order valence-corrected chi connectivity index (χ4v) is 2.78. The largest absolute Gasteiger partial charge is 0.492 e. The number of hydrogen-bond donors (Lipinski definition) is 2. The van der Waals surface area contributed by atoms with Gasteiger partial charge in [-0.25, -0.2) is 4.39 Å². The SMILES string of the molecule is CCOc1ccccc1NC(=O)C(C)SCC(=O)Nc1ccc(F)cc1. The Labute approximate surface area is 156 Å². The first kappa shape index (κ1) is 19.8. The molecule has 0 spiro atoms. The third kappa shape index (κ3) is 6.07. The molecular formula is C19H21FN2O3S. The summed E-state index contributed by atoms with van der Waals surface area (Å²) in [6.45, 7) is 4.10. The van der Waals surface area contributed by atoms with Gasteiger partial charge >= 0.3 is 0 Å². The lowest BCUT2D eigenvalue weighted by atomic mass is 10.3. The standard InChI is InChI=1S/C19H21FN2O3S/c1-3-25-17-7-5-4-6-16(17)22-19(24)13(2)26-12-18(23)21-15-10-8-14(20)9-11-15/h4-11,13H,3,12H2,1-2H3,(H,21,23)(H,22,24). The predicted molar refractivity (Wildman–Crippen MR) is 103 cm³/mol. The lowest BCUT2D eigenvalue weighted by Gasteiger charge is -2.14. The molecule has 1 unspecified atom stereocenters. The van der Waals surface area contributed by atoms with Gasteiger partial charge in [0.05, 0.1) is 23.3 Å². The van der Waals surface area contributed by atoms with Gasteiger partial charge in [0.25, 0.3) is 0 Å². The summed E-state index contributed by atoms with van der Waals surface area (Å²) < 4.78 is 18.3. The highest BCUT2D eigenvalue weighted by atomic mass is 32.2. The minimum Gasteiger partial charge on any atom is -0.492 e. The van der Waals surface area contributed by atoms with Crippen LogP contribution in [0.3, 0.4) is 0 Å². The summed E-state index contributed by atoms with van der Waals surface area (Å²) in [7, 11) is 0.